The number of carbonyl (C=O) groups excluding carboxylic acids is 1. The number of Topliss-reactive ketones (excluding diaryl/α,β-unsaturated/α-hetero) is 1. The highest BCUT2D eigenvalue weighted by molar-refractivity contribution is 7.99. The quantitative estimate of drug-likeness (QED) is 0.634. The van der Waals surface area contributed by atoms with Crippen LogP contribution >= 0.6 is 11.8 Å². The Morgan fingerprint density at radius 2 is 2.00 bits per heavy atom. The average molecular weight is 366 g/mol. The molecule has 3 aromatic rings. The molecule has 0 bridgehead atoms. The first-order chi connectivity index (χ1) is 12.6. The Morgan fingerprint density at radius 1 is 1.19 bits per heavy atom. The Bertz CT molecular complexity index is 936. The Labute approximate surface area is 157 Å². The van der Waals surface area contributed by atoms with E-state index in [1.807, 2.05) is 18.2 Å². The van der Waals surface area contributed by atoms with Gasteiger partial charge in [0, 0.05) is 18.4 Å². The molecule has 134 valence electrons. The van der Waals surface area contributed by atoms with E-state index < -0.39 is 0 Å². The summed E-state index contributed by atoms with van der Waals surface area (Å²) in [5.41, 5.74) is 2.72. The highest BCUT2D eigenvalue weighted by Crippen LogP contribution is 2.32. The molecule has 0 radical (unpaired) electrons. The predicted molar refractivity (Wildman–Crippen MR) is 103 cm³/mol. The van der Waals surface area contributed by atoms with Crippen molar-refractivity contribution >= 4 is 23.3 Å². The predicted octanol–water partition coefficient (Wildman–Crippen LogP) is 4.18. The number of nitrogens with zero attached hydrogens (tertiary/aromatic N) is 4. The van der Waals surface area contributed by atoms with Crippen LogP contribution in [0.15, 0.2) is 41.7 Å². The van der Waals surface area contributed by atoms with Crippen molar-refractivity contribution in [3.63, 3.8) is 0 Å². The van der Waals surface area contributed by atoms with Gasteiger partial charge in [-0.05, 0) is 30.2 Å². The smallest absolute Gasteiger partial charge is 0.253 e. The van der Waals surface area contributed by atoms with E-state index in [1.54, 1.807) is 22.5 Å². The second-order valence-corrected chi connectivity index (χ2v) is 8.27. The van der Waals surface area contributed by atoms with Crippen molar-refractivity contribution in [1.29, 1.82) is 0 Å². The minimum Gasteiger partial charge on any atom is -0.294 e. The normalized spacial score (nSPS) is 17.0. The van der Waals surface area contributed by atoms with Crippen molar-refractivity contribution in [3.05, 3.63) is 53.3 Å². The summed E-state index contributed by atoms with van der Waals surface area (Å²) in [7, 11) is 0. The fraction of sp³-hybridized carbons (Fsp3) is 0.400. The van der Waals surface area contributed by atoms with Crippen LogP contribution in [0.25, 0.3) is 5.78 Å². The van der Waals surface area contributed by atoms with Gasteiger partial charge in [0.1, 0.15) is 0 Å². The highest BCUT2D eigenvalue weighted by Gasteiger charge is 2.28. The maximum absolute atomic E-state index is 12.7. The van der Waals surface area contributed by atoms with Crippen LogP contribution in [0.5, 0.6) is 0 Å². The van der Waals surface area contributed by atoms with Crippen molar-refractivity contribution in [2.75, 3.05) is 5.75 Å². The molecule has 4 rings (SSSR count). The van der Waals surface area contributed by atoms with Gasteiger partial charge >= 0.3 is 0 Å². The molecule has 0 spiro atoms. The zero-order chi connectivity index (χ0) is 18.1. The van der Waals surface area contributed by atoms with Crippen molar-refractivity contribution in [3.8, 4) is 0 Å². The Balaban J connectivity index is 1.60. The first-order valence-corrected chi connectivity index (χ1v) is 10.1. The second-order valence-electron chi connectivity index (χ2n) is 7.21. The SMILES string of the molecule is CC(C)CCSc1nc2nc3c(cn2n1)C(=O)C[C@@H](c1ccccc1)C3. The van der Waals surface area contributed by atoms with Gasteiger partial charge in [-0.25, -0.2) is 9.50 Å². The lowest BCUT2D eigenvalue weighted by atomic mass is 9.82. The lowest BCUT2D eigenvalue weighted by Crippen LogP contribution is -2.21. The van der Waals surface area contributed by atoms with E-state index in [-0.39, 0.29) is 11.7 Å². The van der Waals surface area contributed by atoms with Crippen LogP contribution in [0.3, 0.4) is 0 Å². The number of rotatable bonds is 5. The molecule has 0 saturated carbocycles. The zero-order valence-corrected chi connectivity index (χ0v) is 15.9. The average Bonchev–Trinajstić information content (AvgIpc) is 3.02. The monoisotopic (exact) mass is 366 g/mol. The molecule has 0 N–H and O–H groups in total. The summed E-state index contributed by atoms with van der Waals surface area (Å²) in [5.74, 6) is 2.56. The van der Waals surface area contributed by atoms with Crippen LogP contribution in [-0.2, 0) is 6.42 Å². The topological polar surface area (TPSA) is 60.1 Å². The molecule has 5 nitrogen and oxygen atoms in total. The first-order valence-electron chi connectivity index (χ1n) is 9.07. The number of thioether (sulfide) groups is 1. The first kappa shape index (κ1) is 17.2. The van der Waals surface area contributed by atoms with E-state index in [9.17, 15) is 4.79 Å². The molecule has 0 saturated heterocycles. The Kier molecular flexibility index (Phi) is 4.76. The molecule has 26 heavy (non-hydrogen) atoms. The summed E-state index contributed by atoms with van der Waals surface area (Å²) in [4.78, 5) is 21.9. The van der Waals surface area contributed by atoms with E-state index in [0.717, 1.165) is 29.4 Å². The number of fused-ring (bicyclic) bond motifs is 2. The standard InChI is InChI=1S/C20H22N4OS/c1-13(2)8-9-26-20-22-19-21-17-10-15(14-6-4-3-5-7-14)11-18(25)16(17)12-24(19)23-20/h3-7,12-13,15H,8-11H2,1-2H3/t15-/m0/s1. The molecule has 0 fully saturated rings. The molecule has 1 aromatic carbocycles. The van der Waals surface area contributed by atoms with E-state index >= 15 is 0 Å². The van der Waals surface area contributed by atoms with Gasteiger partial charge in [0.15, 0.2) is 5.78 Å². The number of ketones is 1. The lowest BCUT2D eigenvalue weighted by molar-refractivity contribution is 0.0962. The van der Waals surface area contributed by atoms with E-state index in [2.05, 4.69) is 41.0 Å². The minimum absolute atomic E-state index is 0.138. The maximum Gasteiger partial charge on any atom is 0.253 e. The van der Waals surface area contributed by atoms with Crippen LogP contribution < -0.4 is 0 Å². The fourth-order valence-corrected chi connectivity index (χ4v) is 4.34. The van der Waals surface area contributed by atoms with Crippen molar-refractivity contribution in [1.82, 2.24) is 19.6 Å². The van der Waals surface area contributed by atoms with E-state index in [1.165, 1.54) is 5.56 Å². The number of hydrogen-bond donors (Lipinski definition) is 0. The molecule has 2 heterocycles. The molecule has 0 aliphatic heterocycles. The largest absolute Gasteiger partial charge is 0.294 e. The molecule has 1 aliphatic rings. The summed E-state index contributed by atoms with van der Waals surface area (Å²) in [5, 5.41) is 5.21. The number of carbonyl (C=O) groups is 1. The van der Waals surface area contributed by atoms with Crippen LogP contribution in [-0.4, -0.2) is 31.1 Å². The molecular weight excluding hydrogens is 344 g/mol. The van der Waals surface area contributed by atoms with Crippen LogP contribution in [0.1, 0.15) is 54.2 Å². The summed E-state index contributed by atoms with van der Waals surface area (Å²) < 4.78 is 1.65. The molecule has 1 aliphatic carbocycles. The van der Waals surface area contributed by atoms with Crippen molar-refractivity contribution < 1.29 is 4.79 Å². The van der Waals surface area contributed by atoms with Gasteiger partial charge in [0.25, 0.3) is 5.78 Å². The molecule has 2 aromatic heterocycles. The molecule has 0 amide bonds. The third-order valence-electron chi connectivity index (χ3n) is 4.76. The maximum atomic E-state index is 12.7. The van der Waals surface area contributed by atoms with E-state index in [0.29, 0.717) is 23.7 Å². The van der Waals surface area contributed by atoms with Gasteiger partial charge in [0.05, 0.1) is 11.3 Å². The fourth-order valence-electron chi connectivity index (χ4n) is 3.27. The van der Waals surface area contributed by atoms with Crippen LogP contribution in [0.4, 0.5) is 0 Å². The number of aromatic nitrogens is 4. The summed E-state index contributed by atoms with van der Waals surface area (Å²) in [6, 6.07) is 10.2. The zero-order valence-electron chi connectivity index (χ0n) is 15.1. The molecular formula is C20H22N4OS. The van der Waals surface area contributed by atoms with Gasteiger partial charge in [-0.2, -0.15) is 4.98 Å². The van der Waals surface area contributed by atoms with Gasteiger partial charge in [-0.15, -0.1) is 5.10 Å². The van der Waals surface area contributed by atoms with Gasteiger partial charge < -0.3 is 0 Å². The Hall–Kier alpha value is -2.21. The van der Waals surface area contributed by atoms with E-state index in [4.69, 9.17) is 0 Å². The number of hydrogen-bond acceptors (Lipinski definition) is 5. The van der Waals surface area contributed by atoms with Crippen molar-refractivity contribution in [2.45, 2.75) is 44.2 Å². The van der Waals surface area contributed by atoms with Crippen molar-refractivity contribution in [2.24, 2.45) is 5.92 Å². The van der Waals surface area contributed by atoms with Gasteiger partial charge in [-0.1, -0.05) is 55.9 Å². The highest BCUT2D eigenvalue weighted by atomic mass is 32.2. The minimum atomic E-state index is 0.138. The Morgan fingerprint density at radius 3 is 2.77 bits per heavy atom. The van der Waals surface area contributed by atoms with Crippen LogP contribution in [0, 0.1) is 5.92 Å². The number of benzene rings is 1. The second kappa shape index (κ2) is 7.19. The van der Waals surface area contributed by atoms with Gasteiger partial charge in [-0.3, -0.25) is 4.79 Å². The molecule has 6 heteroatoms. The summed E-state index contributed by atoms with van der Waals surface area (Å²) >= 11 is 1.65. The molecule has 1 atom stereocenters. The molecule has 0 unspecified atom stereocenters. The third-order valence-corrected chi connectivity index (χ3v) is 5.63. The summed E-state index contributed by atoms with van der Waals surface area (Å²) in [6.07, 6.45) is 4.22. The summed E-state index contributed by atoms with van der Waals surface area (Å²) in [6.45, 7) is 4.42. The van der Waals surface area contributed by atoms with Gasteiger partial charge in [0.2, 0.25) is 5.16 Å². The lowest BCUT2D eigenvalue weighted by Gasteiger charge is -2.22. The third kappa shape index (κ3) is 3.51. The van der Waals surface area contributed by atoms with Crippen LogP contribution in [0.2, 0.25) is 0 Å².